The van der Waals surface area contributed by atoms with Crippen molar-refractivity contribution in [3.05, 3.63) is 70.8 Å². The second-order valence-corrected chi connectivity index (χ2v) is 5.35. The molecule has 9 heteroatoms. The molecule has 0 bridgehead atoms. The summed E-state index contributed by atoms with van der Waals surface area (Å²) in [6.45, 7) is 0. The first-order chi connectivity index (χ1) is 12.8. The Morgan fingerprint density at radius 3 is 2.41 bits per heavy atom. The molecule has 0 aliphatic carbocycles. The SMILES string of the molecule is CON=C(c1cccc(C(F)(F)F)c1)c1ccccc1C(OC)C(=O)N=N. The summed E-state index contributed by atoms with van der Waals surface area (Å²) in [6, 6.07) is 11.0. The third kappa shape index (κ3) is 4.56. The van der Waals surface area contributed by atoms with E-state index in [4.69, 9.17) is 15.1 Å². The van der Waals surface area contributed by atoms with Gasteiger partial charge in [-0.3, -0.25) is 4.79 Å². The van der Waals surface area contributed by atoms with Crippen LogP contribution in [-0.2, 0) is 20.5 Å². The van der Waals surface area contributed by atoms with Gasteiger partial charge in [-0.2, -0.15) is 13.2 Å². The number of alkyl halides is 3. The molecule has 1 unspecified atom stereocenters. The lowest BCUT2D eigenvalue weighted by molar-refractivity contribution is -0.137. The predicted molar refractivity (Wildman–Crippen MR) is 90.4 cm³/mol. The summed E-state index contributed by atoms with van der Waals surface area (Å²) in [4.78, 5) is 16.7. The zero-order valence-electron chi connectivity index (χ0n) is 14.4. The molecular formula is C18H16F3N3O3. The van der Waals surface area contributed by atoms with Gasteiger partial charge >= 0.3 is 6.18 Å². The molecule has 0 radical (unpaired) electrons. The maximum Gasteiger partial charge on any atom is 0.416 e. The third-order valence-electron chi connectivity index (χ3n) is 3.71. The van der Waals surface area contributed by atoms with Crippen molar-refractivity contribution in [3.8, 4) is 0 Å². The molecule has 0 aromatic heterocycles. The molecule has 2 aromatic carbocycles. The maximum atomic E-state index is 13.1. The van der Waals surface area contributed by atoms with Gasteiger partial charge in [0.1, 0.15) is 12.8 Å². The quantitative estimate of drug-likeness (QED) is 0.460. The lowest BCUT2D eigenvalue weighted by Crippen LogP contribution is -2.17. The first-order valence-corrected chi connectivity index (χ1v) is 7.65. The first-order valence-electron chi connectivity index (χ1n) is 7.65. The fraction of sp³-hybridized carbons (Fsp3) is 0.222. The second-order valence-electron chi connectivity index (χ2n) is 5.35. The van der Waals surface area contributed by atoms with Gasteiger partial charge in [0, 0.05) is 18.2 Å². The average Bonchev–Trinajstić information content (AvgIpc) is 2.66. The van der Waals surface area contributed by atoms with Gasteiger partial charge in [0.25, 0.3) is 5.91 Å². The third-order valence-corrected chi connectivity index (χ3v) is 3.71. The number of hydrogen-bond donors (Lipinski definition) is 1. The molecule has 0 heterocycles. The van der Waals surface area contributed by atoms with Gasteiger partial charge in [0.2, 0.25) is 0 Å². The summed E-state index contributed by atoms with van der Waals surface area (Å²) in [5.41, 5.74) is 6.93. The summed E-state index contributed by atoms with van der Waals surface area (Å²) in [6.07, 6.45) is -5.73. The molecule has 6 nitrogen and oxygen atoms in total. The van der Waals surface area contributed by atoms with E-state index < -0.39 is 23.8 Å². The minimum absolute atomic E-state index is 0.0824. The fourth-order valence-corrected chi connectivity index (χ4v) is 2.55. The lowest BCUT2D eigenvalue weighted by Gasteiger charge is -2.17. The average molecular weight is 379 g/mol. The van der Waals surface area contributed by atoms with E-state index in [1.165, 1.54) is 26.4 Å². The van der Waals surface area contributed by atoms with Crippen LogP contribution < -0.4 is 0 Å². The number of amides is 1. The molecule has 0 fully saturated rings. The Labute approximate surface area is 153 Å². The minimum atomic E-state index is -4.52. The van der Waals surface area contributed by atoms with E-state index in [1.807, 2.05) is 0 Å². The van der Waals surface area contributed by atoms with E-state index in [0.29, 0.717) is 11.1 Å². The Kier molecular flexibility index (Phi) is 6.40. The van der Waals surface area contributed by atoms with Crippen LogP contribution in [0, 0.1) is 5.53 Å². The first kappa shape index (κ1) is 20.2. The van der Waals surface area contributed by atoms with Crippen LogP contribution in [0.4, 0.5) is 13.2 Å². The Balaban J connectivity index is 2.65. The van der Waals surface area contributed by atoms with Crippen molar-refractivity contribution in [2.45, 2.75) is 12.3 Å². The van der Waals surface area contributed by atoms with Crippen LogP contribution in [0.25, 0.3) is 0 Å². The van der Waals surface area contributed by atoms with Gasteiger partial charge in [-0.1, -0.05) is 41.6 Å². The van der Waals surface area contributed by atoms with Gasteiger partial charge in [0.05, 0.1) is 5.56 Å². The summed E-state index contributed by atoms with van der Waals surface area (Å²) in [5, 5.41) is 6.72. The molecule has 0 spiro atoms. The number of nitrogens with zero attached hydrogens (tertiary/aromatic N) is 2. The van der Waals surface area contributed by atoms with Crippen molar-refractivity contribution in [3.63, 3.8) is 0 Å². The predicted octanol–water partition coefficient (Wildman–Crippen LogP) is 4.35. The topological polar surface area (TPSA) is 84.1 Å². The Morgan fingerprint density at radius 2 is 1.81 bits per heavy atom. The highest BCUT2D eigenvalue weighted by Gasteiger charge is 2.31. The minimum Gasteiger partial charge on any atom is -0.399 e. The number of benzene rings is 2. The van der Waals surface area contributed by atoms with Crippen molar-refractivity contribution < 1.29 is 27.5 Å². The van der Waals surface area contributed by atoms with Crippen LogP contribution in [0.3, 0.4) is 0 Å². The molecule has 2 rings (SSSR count). The van der Waals surface area contributed by atoms with Crippen LogP contribution in [0.15, 0.2) is 58.8 Å². The molecule has 0 saturated heterocycles. The Bertz CT molecular complexity index is 866. The van der Waals surface area contributed by atoms with Crippen LogP contribution in [0.1, 0.15) is 28.4 Å². The normalized spacial score (nSPS) is 13.1. The lowest BCUT2D eigenvalue weighted by atomic mass is 9.93. The summed E-state index contributed by atoms with van der Waals surface area (Å²) in [5.74, 6) is -0.856. The monoisotopic (exact) mass is 379 g/mol. The molecule has 27 heavy (non-hydrogen) atoms. The van der Waals surface area contributed by atoms with Crippen LogP contribution in [0.2, 0.25) is 0 Å². The van der Waals surface area contributed by atoms with Crippen LogP contribution in [0.5, 0.6) is 0 Å². The van der Waals surface area contributed by atoms with Gasteiger partial charge in [0.15, 0.2) is 6.10 Å². The van der Waals surface area contributed by atoms with Gasteiger partial charge in [-0.15, -0.1) is 5.11 Å². The number of carbonyl (C=O) groups excluding carboxylic acids is 1. The zero-order valence-corrected chi connectivity index (χ0v) is 14.4. The van der Waals surface area contributed by atoms with Crippen molar-refractivity contribution in [1.29, 1.82) is 5.53 Å². The van der Waals surface area contributed by atoms with Crippen molar-refractivity contribution in [2.24, 2.45) is 10.3 Å². The molecule has 0 aliphatic heterocycles. The van der Waals surface area contributed by atoms with E-state index in [9.17, 15) is 18.0 Å². The molecule has 1 atom stereocenters. The van der Waals surface area contributed by atoms with Gasteiger partial charge < -0.3 is 9.57 Å². The Hall–Kier alpha value is -3.07. The van der Waals surface area contributed by atoms with Crippen LogP contribution in [-0.4, -0.2) is 25.8 Å². The van der Waals surface area contributed by atoms with Gasteiger partial charge in [-0.05, 0) is 17.7 Å². The highest BCUT2D eigenvalue weighted by molar-refractivity contribution is 6.14. The smallest absolute Gasteiger partial charge is 0.399 e. The Morgan fingerprint density at radius 1 is 1.11 bits per heavy atom. The van der Waals surface area contributed by atoms with Crippen molar-refractivity contribution in [2.75, 3.05) is 14.2 Å². The second kappa shape index (κ2) is 8.54. The number of carbonyl (C=O) groups is 1. The number of halogens is 3. The molecule has 1 N–H and O–H groups in total. The number of ether oxygens (including phenoxy) is 1. The number of nitrogens with one attached hydrogen (secondary N) is 1. The number of methoxy groups -OCH3 is 1. The van der Waals surface area contributed by atoms with Crippen LogP contribution >= 0.6 is 0 Å². The van der Waals surface area contributed by atoms with E-state index in [1.54, 1.807) is 24.3 Å². The van der Waals surface area contributed by atoms with Crippen molar-refractivity contribution >= 4 is 11.6 Å². The highest BCUT2D eigenvalue weighted by Crippen LogP contribution is 2.31. The molecule has 2 aromatic rings. The number of hydrogen-bond acceptors (Lipinski definition) is 5. The summed E-state index contributed by atoms with van der Waals surface area (Å²) in [7, 11) is 2.52. The van der Waals surface area contributed by atoms with E-state index in [0.717, 1.165) is 12.1 Å². The maximum absolute atomic E-state index is 13.1. The largest absolute Gasteiger partial charge is 0.416 e. The zero-order chi connectivity index (χ0) is 20.0. The summed E-state index contributed by atoms with van der Waals surface area (Å²) >= 11 is 0. The molecule has 1 amide bonds. The van der Waals surface area contributed by atoms with E-state index in [-0.39, 0.29) is 11.3 Å². The standard InChI is InChI=1S/C18H16F3N3O3/c1-26-16(17(25)23-22)14-9-4-3-8-13(14)15(24-27-2)11-6-5-7-12(10-11)18(19,20)21/h3-10,16,22H,1-2H3. The molecule has 142 valence electrons. The van der Waals surface area contributed by atoms with Gasteiger partial charge in [-0.25, -0.2) is 5.53 Å². The highest BCUT2D eigenvalue weighted by atomic mass is 19.4. The molecule has 0 saturated carbocycles. The number of oxime groups is 1. The fourth-order valence-electron chi connectivity index (χ4n) is 2.55. The van der Waals surface area contributed by atoms with E-state index in [2.05, 4.69) is 10.3 Å². The summed E-state index contributed by atoms with van der Waals surface area (Å²) < 4.78 is 44.3. The molecule has 0 aliphatic rings. The van der Waals surface area contributed by atoms with Crippen molar-refractivity contribution in [1.82, 2.24) is 0 Å². The number of rotatable bonds is 6. The molecular weight excluding hydrogens is 363 g/mol. The van der Waals surface area contributed by atoms with E-state index >= 15 is 0 Å².